The highest BCUT2D eigenvalue weighted by Crippen LogP contribution is 2.44. The summed E-state index contributed by atoms with van der Waals surface area (Å²) in [4.78, 5) is 23.8. The number of nitrogens with one attached hydrogen (secondary N) is 1. The number of carbonyl (C=O) groups excluding carboxylic acids is 1. The maximum Gasteiger partial charge on any atom is 0.269 e. The van der Waals surface area contributed by atoms with Crippen LogP contribution in [0.5, 0.6) is 0 Å². The van der Waals surface area contributed by atoms with Crippen molar-refractivity contribution in [3.8, 4) is 12.1 Å². The lowest BCUT2D eigenvalue weighted by Gasteiger charge is -2.36. The number of nitro groups is 1. The summed E-state index contributed by atoms with van der Waals surface area (Å²) in [6.07, 6.45) is 0.853. The monoisotopic (exact) mass is 414 g/mol. The maximum atomic E-state index is 13.3. The zero-order valence-electron chi connectivity index (χ0n) is 17.3. The number of hydrogen-bond donors (Lipinski definition) is 1. The molecule has 0 heterocycles. The van der Waals surface area contributed by atoms with E-state index in [1.807, 2.05) is 56.3 Å². The SMILES string of the molecule is CC1(C)CC(=O)C(C(c2ccc([N+](=O)[O-])cc2)C(C#N)C#N)=C(Nc2ccccc2)C1. The van der Waals surface area contributed by atoms with E-state index in [4.69, 9.17) is 0 Å². The molecule has 1 N–H and O–H groups in total. The Morgan fingerprint density at radius 3 is 2.19 bits per heavy atom. The number of ketones is 1. The minimum Gasteiger partial charge on any atom is -0.359 e. The fourth-order valence-corrected chi connectivity index (χ4v) is 4.01. The molecule has 0 amide bonds. The van der Waals surface area contributed by atoms with Gasteiger partial charge < -0.3 is 5.32 Å². The molecule has 2 aromatic carbocycles. The number of para-hydroxylation sites is 1. The van der Waals surface area contributed by atoms with Crippen molar-refractivity contribution in [2.75, 3.05) is 5.32 Å². The summed E-state index contributed by atoms with van der Waals surface area (Å²) in [5.41, 5.74) is 2.01. The van der Waals surface area contributed by atoms with Crippen LogP contribution in [0, 0.1) is 44.1 Å². The van der Waals surface area contributed by atoms with Gasteiger partial charge in [0, 0.05) is 41.4 Å². The summed E-state index contributed by atoms with van der Waals surface area (Å²) in [5, 5.41) is 33.7. The molecule has 3 rings (SSSR count). The number of benzene rings is 2. The lowest BCUT2D eigenvalue weighted by atomic mass is 9.69. The van der Waals surface area contributed by atoms with Crippen LogP contribution in [0.4, 0.5) is 11.4 Å². The van der Waals surface area contributed by atoms with Crippen LogP contribution in [0.3, 0.4) is 0 Å². The molecule has 7 nitrogen and oxygen atoms in total. The Kier molecular flexibility index (Phi) is 6.17. The average Bonchev–Trinajstić information content (AvgIpc) is 2.73. The molecule has 156 valence electrons. The van der Waals surface area contributed by atoms with Crippen molar-refractivity contribution in [1.82, 2.24) is 0 Å². The van der Waals surface area contributed by atoms with Crippen LogP contribution < -0.4 is 5.32 Å². The highest BCUT2D eigenvalue weighted by Gasteiger charge is 2.40. The van der Waals surface area contributed by atoms with Crippen LogP contribution in [0.25, 0.3) is 0 Å². The van der Waals surface area contributed by atoms with Gasteiger partial charge in [0.2, 0.25) is 0 Å². The molecule has 0 saturated heterocycles. The van der Waals surface area contributed by atoms with Crippen molar-refractivity contribution in [3.05, 3.63) is 81.5 Å². The van der Waals surface area contributed by atoms with E-state index >= 15 is 0 Å². The zero-order chi connectivity index (χ0) is 22.6. The van der Waals surface area contributed by atoms with Gasteiger partial charge in [-0.2, -0.15) is 10.5 Å². The van der Waals surface area contributed by atoms with Gasteiger partial charge in [0.15, 0.2) is 5.78 Å². The van der Waals surface area contributed by atoms with Gasteiger partial charge in [-0.1, -0.05) is 44.2 Å². The third kappa shape index (κ3) is 4.79. The standard InChI is InChI=1S/C24H22N4O3/c1-24(2)12-20(27-18-6-4-3-5-7-18)23(21(29)13-24)22(17(14-25)15-26)16-8-10-19(11-9-16)28(30)31/h3-11,17,22,27H,12-13H2,1-2H3. The van der Waals surface area contributed by atoms with Crippen molar-refractivity contribution in [3.63, 3.8) is 0 Å². The lowest BCUT2D eigenvalue weighted by Crippen LogP contribution is -2.32. The molecule has 0 fully saturated rings. The Bertz CT molecular complexity index is 1090. The molecular formula is C24H22N4O3. The minimum absolute atomic E-state index is 0.0966. The van der Waals surface area contributed by atoms with Gasteiger partial charge in [-0.15, -0.1) is 0 Å². The van der Waals surface area contributed by atoms with E-state index in [0.29, 0.717) is 23.3 Å². The number of Topliss-reactive ketones (excluding diaryl/α,β-unsaturated/α-hetero) is 1. The number of nitriles is 2. The minimum atomic E-state index is -1.12. The molecule has 1 atom stereocenters. The van der Waals surface area contributed by atoms with E-state index in [9.17, 15) is 25.4 Å². The lowest BCUT2D eigenvalue weighted by molar-refractivity contribution is -0.384. The second kappa shape index (κ2) is 8.81. The van der Waals surface area contributed by atoms with Gasteiger partial charge in [-0.05, 0) is 29.5 Å². The summed E-state index contributed by atoms with van der Waals surface area (Å²) in [5.74, 6) is -2.06. The largest absolute Gasteiger partial charge is 0.359 e. The Labute approximate surface area is 180 Å². The third-order valence-electron chi connectivity index (χ3n) is 5.37. The topological polar surface area (TPSA) is 120 Å². The van der Waals surface area contributed by atoms with E-state index < -0.39 is 16.8 Å². The number of nitrogens with zero attached hydrogens (tertiary/aromatic N) is 3. The average molecular weight is 414 g/mol. The molecule has 1 aliphatic rings. The van der Waals surface area contributed by atoms with Crippen molar-refractivity contribution >= 4 is 17.2 Å². The summed E-state index contributed by atoms with van der Waals surface area (Å²) < 4.78 is 0. The molecule has 0 aromatic heterocycles. The predicted octanol–water partition coefficient (Wildman–Crippen LogP) is 5.10. The van der Waals surface area contributed by atoms with Crippen LogP contribution in [0.15, 0.2) is 65.9 Å². The molecule has 2 aromatic rings. The Morgan fingerprint density at radius 2 is 1.65 bits per heavy atom. The first-order valence-electron chi connectivity index (χ1n) is 9.87. The molecule has 1 unspecified atom stereocenters. The first-order valence-corrected chi connectivity index (χ1v) is 9.87. The Morgan fingerprint density at radius 1 is 1.03 bits per heavy atom. The van der Waals surface area contributed by atoms with E-state index in [0.717, 1.165) is 5.69 Å². The number of hydrogen-bond acceptors (Lipinski definition) is 6. The number of allylic oxidation sites excluding steroid dienone is 2. The number of non-ortho nitro benzene ring substituents is 1. The number of rotatable bonds is 6. The summed E-state index contributed by atoms with van der Waals surface area (Å²) in [6.45, 7) is 4.00. The van der Waals surface area contributed by atoms with Crippen molar-refractivity contribution < 1.29 is 9.72 Å². The molecule has 31 heavy (non-hydrogen) atoms. The van der Waals surface area contributed by atoms with Gasteiger partial charge in [-0.25, -0.2) is 0 Å². The molecule has 0 bridgehead atoms. The van der Waals surface area contributed by atoms with E-state index in [-0.39, 0.29) is 23.3 Å². The van der Waals surface area contributed by atoms with Gasteiger partial charge in [0.05, 0.1) is 17.1 Å². The Balaban J connectivity index is 2.18. The smallest absolute Gasteiger partial charge is 0.269 e. The van der Waals surface area contributed by atoms with Crippen LogP contribution in [0.1, 0.15) is 38.2 Å². The molecule has 1 aliphatic carbocycles. The van der Waals surface area contributed by atoms with Crippen LogP contribution in [-0.2, 0) is 4.79 Å². The normalized spacial score (nSPS) is 16.4. The highest BCUT2D eigenvalue weighted by molar-refractivity contribution is 5.99. The van der Waals surface area contributed by atoms with Crippen LogP contribution >= 0.6 is 0 Å². The quantitative estimate of drug-likeness (QED) is 0.519. The molecule has 0 saturated carbocycles. The maximum absolute atomic E-state index is 13.3. The van der Waals surface area contributed by atoms with E-state index in [1.165, 1.54) is 24.3 Å². The fraction of sp³-hybridized carbons (Fsp3) is 0.292. The third-order valence-corrected chi connectivity index (χ3v) is 5.37. The second-order valence-electron chi connectivity index (χ2n) is 8.39. The van der Waals surface area contributed by atoms with Gasteiger partial charge in [0.1, 0.15) is 5.92 Å². The molecule has 0 radical (unpaired) electrons. The van der Waals surface area contributed by atoms with Crippen molar-refractivity contribution in [1.29, 1.82) is 10.5 Å². The number of carbonyl (C=O) groups is 1. The van der Waals surface area contributed by atoms with E-state index in [1.54, 1.807) is 0 Å². The molecule has 0 aliphatic heterocycles. The first-order chi connectivity index (χ1) is 14.8. The van der Waals surface area contributed by atoms with Crippen molar-refractivity contribution in [2.45, 2.75) is 32.6 Å². The van der Waals surface area contributed by atoms with Gasteiger partial charge >= 0.3 is 0 Å². The van der Waals surface area contributed by atoms with Crippen LogP contribution in [-0.4, -0.2) is 10.7 Å². The predicted molar refractivity (Wildman–Crippen MR) is 116 cm³/mol. The Hall–Kier alpha value is -3.97. The second-order valence-corrected chi connectivity index (χ2v) is 8.39. The number of nitro benzene ring substituents is 1. The summed E-state index contributed by atoms with van der Waals surface area (Å²) >= 11 is 0. The highest BCUT2D eigenvalue weighted by atomic mass is 16.6. The van der Waals surface area contributed by atoms with E-state index in [2.05, 4.69) is 5.32 Å². The molecular weight excluding hydrogens is 392 g/mol. The molecule has 7 heteroatoms. The van der Waals surface area contributed by atoms with Gasteiger partial charge in [0.25, 0.3) is 5.69 Å². The first kappa shape index (κ1) is 21.7. The number of anilines is 1. The summed E-state index contributed by atoms with van der Waals surface area (Å²) in [7, 11) is 0. The zero-order valence-corrected chi connectivity index (χ0v) is 17.3. The van der Waals surface area contributed by atoms with Crippen LogP contribution in [0.2, 0.25) is 0 Å². The van der Waals surface area contributed by atoms with Crippen molar-refractivity contribution in [2.24, 2.45) is 11.3 Å². The fourth-order valence-electron chi connectivity index (χ4n) is 4.01. The summed E-state index contributed by atoms with van der Waals surface area (Å²) in [6, 6.07) is 19.1. The van der Waals surface area contributed by atoms with Gasteiger partial charge in [-0.3, -0.25) is 14.9 Å². The molecule has 0 spiro atoms.